The van der Waals surface area contributed by atoms with Gasteiger partial charge in [-0.3, -0.25) is 24.5 Å². The van der Waals surface area contributed by atoms with Crippen molar-refractivity contribution in [1.82, 2.24) is 5.32 Å². The molecule has 0 spiro atoms. The molecule has 0 aliphatic carbocycles. The van der Waals surface area contributed by atoms with Crippen LogP contribution in [0.25, 0.3) is 0 Å². The van der Waals surface area contributed by atoms with E-state index in [0.717, 1.165) is 5.56 Å². The van der Waals surface area contributed by atoms with E-state index >= 15 is 0 Å². The van der Waals surface area contributed by atoms with Crippen molar-refractivity contribution in [1.29, 1.82) is 0 Å². The summed E-state index contributed by atoms with van der Waals surface area (Å²) in [5.41, 5.74) is 0.455. The summed E-state index contributed by atoms with van der Waals surface area (Å²) >= 11 is 0. The van der Waals surface area contributed by atoms with Crippen LogP contribution in [-0.4, -0.2) is 28.8 Å². The molecule has 0 aliphatic rings. The topological polar surface area (TPSA) is 128 Å². The number of nitro groups is 1. The van der Waals surface area contributed by atoms with E-state index in [4.69, 9.17) is 4.74 Å². The third kappa shape index (κ3) is 6.42. The summed E-state index contributed by atoms with van der Waals surface area (Å²) in [6.45, 7) is 2.70. The zero-order chi connectivity index (χ0) is 21.4. The summed E-state index contributed by atoms with van der Waals surface area (Å²) in [5.74, 6) is -1.71. The molecule has 0 unspecified atom stereocenters. The lowest BCUT2D eigenvalue weighted by molar-refractivity contribution is -0.383. The number of carbonyl (C=O) groups is 3. The number of nitrogens with zero attached hydrogens (tertiary/aromatic N) is 1. The lowest BCUT2D eigenvalue weighted by atomic mass is 10.0. The predicted octanol–water partition coefficient (Wildman–Crippen LogP) is 2.73. The van der Waals surface area contributed by atoms with Crippen molar-refractivity contribution in [3.8, 4) is 0 Å². The van der Waals surface area contributed by atoms with Crippen molar-refractivity contribution in [2.75, 3.05) is 5.32 Å². The van der Waals surface area contributed by atoms with Gasteiger partial charge in [0.05, 0.1) is 17.4 Å². The quantitative estimate of drug-likeness (QED) is 0.399. The van der Waals surface area contributed by atoms with Crippen LogP contribution in [0.5, 0.6) is 0 Å². The van der Waals surface area contributed by atoms with Gasteiger partial charge in [-0.2, -0.15) is 0 Å². The number of esters is 1. The van der Waals surface area contributed by atoms with Gasteiger partial charge in [-0.25, -0.2) is 0 Å². The van der Waals surface area contributed by atoms with E-state index in [2.05, 4.69) is 10.6 Å². The molecular weight excluding hydrogens is 378 g/mol. The van der Waals surface area contributed by atoms with E-state index < -0.39 is 28.9 Å². The van der Waals surface area contributed by atoms with Crippen molar-refractivity contribution in [3.63, 3.8) is 0 Å². The molecule has 2 aromatic carbocycles. The largest absolute Gasteiger partial charge is 0.452 e. The smallest absolute Gasteiger partial charge is 0.309 e. The van der Waals surface area contributed by atoms with Crippen molar-refractivity contribution in [2.24, 2.45) is 0 Å². The van der Waals surface area contributed by atoms with Crippen molar-refractivity contribution in [2.45, 2.75) is 32.4 Å². The number of nitrogens with one attached hydrogen (secondary N) is 2. The third-order valence-corrected chi connectivity index (χ3v) is 3.99. The second-order valence-electron chi connectivity index (χ2n) is 6.26. The number of rotatable bonds is 8. The van der Waals surface area contributed by atoms with Crippen LogP contribution in [0, 0.1) is 10.1 Å². The van der Waals surface area contributed by atoms with Crippen LogP contribution in [-0.2, 0) is 19.1 Å². The molecule has 0 bridgehead atoms. The molecule has 0 heterocycles. The number of nitro benzene ring substituents is 1. The average molecular weight is 399 g/mol. The van der Waals surface area contributed by atoms with Gasteiger partial charge in [-0.1, -0.05) is 42.5 Å². The van der Waals surface area contributed by atoms with Crippen molar-refractivity contribution < 1.29 is 24.0 Å². The molecule has 2 atom stereocenters. The van der Waals surface area contributed by atoms with Gasteiger partial charge in [0, 0.05) is 13.0 Å². The van der Waals surface area contributed by atoms with Crippen LogP contribution in [0.3, 0.4) is 0 Å². The van der Waals surface area contributed by atoms with Crippen LogP contribution in [0.2, 0.25) is 0 Å². The summed E-state index contributed by atoms with van der Waals surface area (Å²) in [5, 5.41) is 16.1. The number of carbonyl (C=O) groups excluding carboxylic acids is 3. The Balaban J connectivity index is 2.01. The van der Waals surface area contributed by atoms with E-state index in [9.17, 15) is 24.5 Å². The molecule has 9 heteroatoms. The van der Waals surface area contributed by atoms with E-state index in [1.165, 1.54) is 38.1 Å². The van der Waals surface area contributed by atoms with Crippen LogP contribution >= 0.6 is 0 Å². The minimum Gasteiger partial charge on any atom is -0.452 e. The Kier molecular flexibility index (Phi) is 7.41. The number of amides is 2. The first kappa shape index (κ1) is 21.5. The fourth-order valence-electron chi connectivity index (χ4n) is 2.62. The lowest BCUT2D eigenvalue weighted by Crippen LogP contribution is -2.33. The van der Waals surface area contributed by atoms with E-state index in [-0.39, 0.29) is 23.7 Å². The minimum absolute atomic E-state index is 0.00538. The summed E-state index contributed by atoms with van der Waals surface area (Å²) in [6, 6.07) is 13.9. The molecule has 0 saturated heterocycles. The van der Waals surface area contributed by atoms with E-state index in [1.807, 2.05) is 6.07 Å². The maximum atomic E-state index is 12.3. The SMILES string of the molecule is CC(=O)N[C@H](CC(=O)O[C@H](C)C(=O)Nc1ccccc1[N+](=O)[O-])c1ccccc1. The van der Waals surface area contributed by atoms with Crippen LogP contribution in [0.15, 0.2) is 54.6 Å². The number of anilines is 1. The Labute approximate surface area is 167 Å². The van der Waals surface area contributed by atoms with E-state index in [0.29, 0.717) is 0 Å². The fraction of sp³-hybridized carbons (Fsp3) is 0.250. The van der Waals surface area contributed by atoms with Gasteiger partial charge in [0.25, 0.3) is 11.6 Å². The number of para-hydroxylation sites is 2. The van der Waals surface area contributed by atoms with Crippen LogP contribution < -0.4 is 10.6 Å². The Morgan fingerprint density at radius 2 is 1.69 bits per heavy atom. The molecule has 0 saturated carbocycles. The number of ether oxygens (including phenoxy) is 1. The molecule has 2 N–H and O–H groups in total. The van der Waals surface area contributed by atoms with Crippen LogP contribution in [0.1, 0.15) is 31.9 Å². The zero-order valence-electron chi connectivity index (χ0n) is 16.0. The Morgan fingerprint density at radius 1 is 1.07 bits per heavy atom. The van der Waals surface area contributed by atoms with Gasteiger partial charge >= 0.3 is 5.97 Å². The first-order valence-corrected chi connectivity index (χ1v) is 8.83. The number of benzene rings is 2. The van der Waals surface area contributed by atoms with E-state index in [1.54, 1.807) is 24.3 Å². The maximum absolute atomic E-state index is 12.3. The normalized spacial score (nSPS) is 12.3. The molecule has 152 valence electrons. The van der Waals surface area contributed by atoms with Gasteiger partial charge in [-0.05, 0) is 18.6 Å². The van der Waals surface area contributed by atoms with Gasteiger partial charge in [-0.15, -0.1) is 0 Å². The molecule has 29 heavy (non-hydrogen) atoms. The number of hydrogen-bond donors (Lipinski definition) is 2. The van der Waals surface area contributed by atoms with Crippen molar-refractivity contribution in [3.05, 3.63) is 70.3 Å². The highest BCUT2D eigenvalue weighted by Gasteiger charge is 2.24. The summed E-state index contributed by atoms with van der Waals surface area (Å²) < 4.78 is 5.15. The highest BCUT2D eigenvalue weighted by atomic mass is 16.6. The zero-order valence-corrected chi connectivity index (χ0v) is 16.0. The second-order valence-corrected chi connectivity index (χ2v) is 6.26. The molecule has 2 aromatic rings. The standard InChI is InChI=1S/C20H21N3O6/c1-13(20(26)22-16-10-6-7-11-18(16)23(27)28)29-19(25)12-17(21-14(2)24)15-8-4-3-5-9-15/h3-11,13,17H,12H2,1-2H3,(H,21,24)(H,22,26)/t13-,17-/m1/s1. The van der Waals surface area contributed by atoms with Gasteiger partial charge < -0.3 is 15.4 Å². The maximum Gasteiger partial charge on any atom is 0.309 e. The van der Waals surface area contributed by atoms with Crippen LogP contribution in [0.4, 0.5) is 11.4 Å². The first-order valence-electron chi connectivity index (χ1n) is 8.83. The molecular formula is C20H21N3O6. The summed E-state index contributed by atoms with van der Waals surface area (Å²) in [4.78, 5) is 46.4. The molecule has 9 nitrogen and oxygen atoms in total. The predicted molar refractivity (Wildman–Crippen MR) is 105 cm³/mol. The molecule has 2 amide bonds. The first-order chi connectivity index (χ1) is 13.8. The van der Waals surface area contributed by atoms with Crippen molar-refractivity contribution >= 4 is 29.2 Å². The lowest BCUT2D eigenvalue weighted by Gasteiger charge is -2.19. The third-order valence-electron chi connectivity index (χ3n) is 3.99. The molecule has 2 rings (SSSR count). The number of hydrogen-bond acceptors (Lipinski definition) is 6. The molecule has 0 radical (unpaired) electrons. The highest BCUT2D eigenvalue weighted by molar-refractivity contribution is 5.96. The second kappa shape index (κ2) is 9.98. The fourth-order valence-corrected chi connectivity index (χ4v) is 2.62. The Bertz CT molecular complexity index is 900. The van der Waals surface area contributed by atoms with Gasteiger partial charge in [0.15, 0.2) is 6.10 Å². The van der Waals surface area contributed by atoms with Gasteiger partial charge in [0.2, 0.25) is 5.91 Å². The summed E-state index contributed by atoms with van der Waals surface area (Å²) in [7, 11) is 0. The summed E-state index contributed by atoms with van der Waals surface area (Å²) in [6.07, 6.45) is -1.36. The highest BCUT2D eigenvalue weighted by Crippen LogP contribution is 2.23. The van der Waals surface area contributed by atoms with Gasteiger partial charge in [0.1, 0.15) is 5.69 Å². The molecule has 0 aliphatic heterocycles. The molecule has 0 aromatic heterocycles. The average Bonchev–Trinajstić information content (AvgIpc) is 2.68. The monoisotopic (exact) mass is 399 g/mol. The Morgan fingerprint density at radius 3 is 2.31 bits per heavy atom. The minimum atomic E-state index is -1.18. The molecule has 0 fully saturated rings. The Hall–Kier alpha value is -3.75.